The fraction of sp³-hybridized carbons (Fsp3) is 0.294. The molecule has 0 fully saturated rings. The third-order valence-electron chi connectivity index (χ3n) is 7.91. The van der Waals surface area contributed by atoms with Crippen LogP contribution < -0.4 is 20.1 Å². The number of aliphatic hydroxyl groups excluding tert-OH is 1. The van der Waals surface area contributed by atoms with Crippen molar-refractivity contribution >= 4 is 40.6 Å². The Balaban J connectivity index is 1.40. The maximum atomic E-state index is 13.8. The molecule has 1 aliphatic heterocycles. The number of rotatable bonds is 9. The molecule has 0 aliphatic carbocycles. The maximum Gasteiger partial charge on any atom is 0.321 e. The second-order valence-corrected chi connectivity index (χ2v) is 12.1. The van der Waals surface area contributed by atoms with Crippen LogP contribution in [0.1, 0.15) is 34.6 Å². The first-order chi connectivity index (χ1) is 22.2. The minimum Gasteiger partial charge on any atom is -0.497 e. The van der Waals surface area contributed by atoms with Gasteiger partial charge in [0, 0.05) is 47.9 Å². The number of carbonyl (C=O) groups is 3. The van der Waals surface area contributed by atoms with Crippen molar-refractivity contribution in [2.45, 2.75) is 26.0 Å². The number of nitrogens with one attached hydrogen (secondary N) is 2. The molecule has 0 spiro atoms. The summed E-state index contributed by atoms with van der Waals surface area (Å²) in [6.07, 6.45) is 1.16. The third-order valence-corrected chi connectivity index (χ3v) is 8.73. The molecule has 11 nitrogen and oxygen atoms in total. The van der Waals surface area contributed by atoms with E-state index in [1.165, 1.54) is 16.2 Å². The number of hydrogen-bond acceptors (Lipinski definition) is 8. The minimum atomic E-state index is -0.567. The summed E-state index contributed by atoms with van der Waals surface area (Å²) in [5, 5.41) is 18.5. The Morgan fingerprint density at radius 2 is 1.87 bits per heavy atom. The fourth-order valence-corrected chi connectivity index (χ4v) is 5.77. The highest BCUT2D eigenvalue weighted by molar-refractivity contribution is 7.13. The zero-order valence-corrected chi connectivity index (χ0v) is 26.9. The van der Waals surface area contributed by atoms with Gasteiger partial charge in [-0.05, 0) is 55.5 Å². The van der Waals surface area contributed by atoms with Gasteiger partial charge in [0.15, 0.2) is 5.75 Å². The molecule has 240 valence electrons. The number of fused-ring (bicyclic) bond motifs is 1. The Morgan fingerprint density at radius 1 is 1.13 bits per heavy atom. The summed E-state index contributed by atoms with van der Waals surface area (Å²) in [7, 11) is 3.24. The summed E-state index contributed by atoms with van der Waals surface area (Å²) in [6.45, 7) is 3.95. The lowest BCUT2D eigenvalue weighted by Gasteiger charge is -2.38. The van der Waals surface area contributed by atoms with Gasteiger partial charge in [0.1, 0.15) is 16.9 Å². The topological polar surface area (TPSA) is 133 Å². The lowest BCUT2D eigenvalue weighted by molar-refractivity contribution is 0.0372. The molecule has 0 radical (unpaired) electrons. The molecule has 1 aromatic heterocycles. The predicted octanol–water partition coefficient (Wildman–Crippen LogP) is 5.46. The van der Waals surface area contributed by atoms with Crippen LogP contribution in [0.2, 0.25) is 0 Å². The van der Waals surface area contributed by atoms with Crippen molar-refractivity contribution in [2.24, 2.45) is 5.92 Å². The molecule has 0 saturated heterocycles. The number of thiazole rings is 1. The monoisotopic (exact) mass is 643 g/mol. The van der Waals surface area contributed by atoms with Gasteiger partial charge in [0.25, 0.3) is 11.8 Å². The van der Waals surface area contributed by atoms with Gasteiger partial charge in [0.2, 0.25) is 0 Å². The van der Waals surface area contributed by atoms with Crippen molar-refractivity contribution < 1.29 is 29.0 Å². The summed E-state index contributed by atoms with van der Waals surface area (Å²) in [6, 6.07) is 18.3. The Hall–Kier alpha value is -4.94. The third kappa shape index (κ3) is 7.30. The van der Waals surface area contributed by atoms with E-state index in [1.54, 1.807) is 86.8 Å². The minimum absolute atomic E-state index is 0.179. The molecule has 2 heterocycles. The Labute approximate surface area is 271 Å². The molecule has 46 heavy (non-hydrogen) atoms. The van der Waals surface area contributed by atoms with E-state index in [9.17, 15) is 19.5 Å². The number of hydrogen-bond donors (Lipinski definition) is 3. The van der Waals surface area contributed by atoms with Crippen LogP contribution in [-0.4, -0.2) is 83.7 Å². The standard InChI is InChI=1S/C34H37N5O6S/c1-21-18-39(22(2)20-40)33(42)27-6-5-7-28(37-31(41)23-8-10-24(11-9-23)32-35-16-17-46-32)30(27)45-29(21)19-38(3)34(43)36-25-12-14-26(44-4)15-13-25/h5-17,21-22,29,40H,18-20H2,1-4H3,(H,36,43)(H,37,41)/t21-,22-,29+/m1/s1. The second-order valence-electron chi connectivity index (χ2n) is 11.2. The first kappa shape index (κ1) is 32.5. The number of aliphatic hydroxyl groups is 1. The van der Waals surface area contributed by atoms with Gasteiger partial charge in [-0.15, -0.1) is 11.3 Å². The molecular weight excluding hydrogens is 606 g/mol. The molecule has 4 amide bonds. The predicted molar refractivity (Wildman–Crippen MR) is 178 cm³/mol. The van der Waals surface area contributed by atoms with Crippen LogP contribution in [0.5, 0.6) is 11.5 Å². The molecule has 5 rings (SSSR count). The van der Waals surface area contributed by atoms with Crippen LogP contribution in [0.15, 0.2) is 78.3 Å². The molecule has 1 aliphatic rings. The molecule has 0 unspecified atom stereocenters. The highest BCUT2D eigenvalue weighted by Gasteiger charge is 2.35. The SMILES string of the molecule is COc1ccc(NC(=O)N(C)C[C@@H]2Oc3c(NC(=O)c4ccc(-c5nccs5)cc4)cccc3C(=O)N([C@H](C)CO)C[C@H]2C)cc1. The van der Waals surface area contributed by atoms with Crippen LogP contribution in [0.4, 0.5) is 16.2 Å². The highest BCUT2D eigenvalue weighted by atomic mass is 32.1. The number of aromatic nitrogens is 1. The number of methoxy groups -OCH3 is 1. The first-order valence-electron chi connectivity index (χ1n) is 14.9. The molecule has 12 heteroatoms. The number of nitrogens with zero attached hydrogens (tertiary/aromatic N) is 3. The summed E-state index contributed by atoms with van der Waals surface area (Å²) in [4.78, 5) is 47.8. The Bertz CT molecular complexity index is 1660. The number of urea groups is 1. The van der Waals surface area contributed by atoms with Crippen LogP contribution >= 0.6 is 11.3 Å². The van der Waals surface area contributed by atoms with Gasteiger partial charge in [0.05, 0.1) is 37.6 Å². The fourth-order valence-electron chi connectivity index (χ4n) is 5.13. The lowest BCUT2D eigenvalue weighted by Crippen LogP contribution is -2.50. The van der Waals surface area contributed by atoms with Crippen molar-refractivity contribution in [2.75, 3.05) is 44.5 Å². The van der Waals surface area contributed by atoms with Crippen molar-refractivity contribution in [3.05, 3.63) is 89.4 Å². The van der Waals surface area contributed by atoms with E-state index in [4.69, 9.17) is 9.47 Å². The van der Waals surface area contributed by atoms with Crippen LogP contribution in [0.3, 0.4) is 0 Å². The maximum absolute atomic E-state index is 13.8. The first-order valence-corrected chi connectivity index (χ1v) is 15.8. The molecular formula is C34H37N5O6S. The number of carbonyl (C=O) groups excluding carboxylic acids is 3. The Morgan fingerprint density at radius 3 is 2.52 bits per heavy atom. The van der Waals surface area contributed by atoms with E-state index >= 15 is 0 Å². The van der Waals surface area contributed by atoms with Crippen molar-refractivity contribution in [1.29, 1.82) is 0 Å². The summed E-state index contributed by atoms with van der Waals surface area (Å²) < 4.78 is 11.7. The second kappa shape index (κ2) is 14.4. The van der Waals surface area contributed by atoms with Gasteiger partial charge >= 0.3 is 6.03 Å². The average molecular weight is 644 g/mol. The van der Waals surface area contributed by atoms with Gasteiger partial charge in [-0.3, -0.25) is 9.59 Å². The van der Waals surface area contributed by atoms with E-state index in [1.807, 2.05) is 24.4 Å². The number of para-hydroxylation sites is 1. The van der Waals surface area contributed by atoms with E-state index in [0.717, 1.165) is 10.6 Å². The van der Waals surface area contributed by atoms with E-state index in [2.05, 4.69) is 15.6 Å². The molecule has 3 atom stereocenters. The number of ether oxygens (including phenoxy) is 2. The quantitative estimate of drug-likeness (QED) is 0.221. The van der Waals surface area contributed by atoms with Crippen molar-refractivity contribution in [3.8, 4) is 22.1 Å². The van der Waals surface area contributed by atoms with Gasteiger partial charge < -0.3 is 35.0 Å². The number of anilines is 2. The number of likely N-dealkylation sites (N-methyl/N-ethyl adjacent to an activating group) is 1. The van der Waals surface area contributed by atoms with E-state index in [0.29, 0.717) is 29.2 Å². The molecule has 3 aromatic carbocycles. The van der Waals surface area contributed by atoms with Crippen LogP contribution in [0.25, 0.3) is 10.6 Å². The van der Waals surface area contributed by atoms with Crippen molar-refractivity contribution in [3.63, 3.8) is 0 Å². The van der Waals surface area contributed by atoms with Gasteiger partial charge in [-0.2, -0.15) is 0 Å². The van der Waals surface area contributed by atoms with Crippen LogP contribution in [-0.2, 0) is 0 Å². The molecule has 4 aromatic rings. The smallest absolute Gasteiger partial charge is 0.321 e. The lowest BCUT2D eigenvalue weighted by atomic mass is 9.99. The highest BCUT2D eigenvalue weighted by Crippen LogP contribution is 2.35. The average Bonchev–Trinajstić information content (AvgIpc) is 3.62. The summed E-state index contributed by atoms with van der Waals surface area (Å²) >= 11 is 1.51. The largest absolute Gasteiger partial charge is 0.497 e. The zero-order valence-electron chi connectivity index (χ0n) is 26.1. The van der Waals surface area contributed by atoms with Crippen molar-refractivity contribution in [1.82, 2.24) is 14.8 Å². The Kier molecular flexibility index (Phi) is 10.2. The summed E-state index contributed by atoms with van der Waals surface area (Å²) in [5.41, 5.74) is 2.50. The molecule has 0 bridgehead atoms. The van der Waals surface area contributed by atoms with E-state index < -0.39 is 12.1 Å². The normalized spacial score (nSPS) is 16.7. The van der Waals surface area contributed by atoms with Crippen LogP contribution in [0, 0.1) is 5.92 Å². The number of amides is 4. The zero-order chi connectivity index (χ0) is 32.8. The number of benzene rings is 3. The summed E-state index contributed by atoms with van der Waals surface area (Å²) in [5.74, 6) is -0.0660. The molecule has 0 saturated carbocycles. The van der Waals surface area contributed by atoms with Gasteiger partial charge in [-0.25, -0.2) is 9.78 Å². The van der Waals surface area contributed by atoms with E-state index in [-0.39, 0.29) is 48.2 Å². The van der Waals surface area contributed by atoms with Gasteiger partial charge in [-0.1, -0.05) is 25.1 Å². The molecule has 3 N–H and O–H groups in total.